The van der Waals surface area contributed by atoms with Crippen molar-refractivity contribution in [2.24, 2.45) is 5.73 Å². The van der Waals surface area contributed by atoms with Crippen molar-refractivity contribution in [3.05, 3.63) is 0 Å². The molecule has 6 heteroatoms. The second-order valence-corrected chi connectivity index (χ2v) is 6.18. The maximum absolute atomic E-state index is 12.2. The molecule has 134 valence electrons. The molecule has 0 atom stereocenters. The number of carbonyl (C=O) groups excluding carboxylic acids is 2. The van der Waals surface area contributed by atoms with Gasteiger partial charge in [0.1, 0.15) is 0 Å². The zero-order valence-corrected chi connectivity index (χ0v) is 14.9. The first kappa shape index (κ1) is 19.9. The van der Waals surface area contributed by atoms with Gasteiger partial charge in [0, 0.05) is 32.6 Å². The summed E-state index contributed by atoms with van der Waals surface area (Å²) < 4.78 is 0. The summed E-state index contributed by atoms with van der Waals surface area (Å²) in [5.74, 6) is 0.413. The van der Waals surface area contributed by atoms with Crippen LogP contribution >= 0.6 is 0 Å². The Morgan fingerprint density at radius 2 is 1.39 bits per heavy atom. The van der Waals surface area contributed by atoms with Gasteiger partial charge in [-0.05, 0) is 32.5 Å². The number of likely N-dealkylation sites (N-methyl/N-ethyl adjacent to an activating group) is 1. The number of unbranched alkanes of at least 4 members (excludes halogenated alkanes) is 3. The Labute approximate surface area is 141 Å². The van der Waals surface area contributed by atoms with Gasteiger partial charge in [-0.15, -0.1) is 0 Å². The normalized spacial score (nSPS) is 15.3. The molecular weight excluding hydrogens is 292 g/mol. The summed E-state index contributed by atoms with van der Waals surface area (Å²) in [6.45, 7) is 9.83. The van der Waals surface area contributed by atoms with Crippen molar-refractivity contribution < 1.29 is 9.59 Å². The molecule has 1 heterocycles. The molecule has 0 radical (unpaired) electrons. The topological polar surface area (TPSA) is 69.9 Å². The summed E-state index contributed by atoms with van der Waals surface area (Å²) in [4.78, 5) is 30.3. The van der Waals surface area contributed by atoms with Crippen molar-refractivity contribution in [3.63, 3.8) is 0 Å². The minimum absolute atomic E-state index is 0.183. The summed E-state index contributed by atoms with van der Waals surface area (Å²) >= 11 is 0. The zero-order valence-electron chi connectivity index (χ0n) is 14.9. The highest BCUT2D eigenvalue weighted by Gasteiger charge is 2.24. The van der Waals surface area contributed by atoms with Crippen LogP contribution in [0.3, 0.4) is 0 Å². The Bertz CT molecular complexity index is 351. The smallest absolute Gasteiger partial charge is 0.236 e. The standard InChI is InChI=1S/C17H34N4O2/c1-3-19(4-2)15-17(23)21-13-11-20(12-14-21)16(22)9-7-5-6-8-10-18/h3-15,18H2,1-2H3. The monoisotopic (exact) mass is 326 g/mol. The van der Waals surface area contributed by atoms with Gasteiger partial charge in [0.25, 0.3) is 0 Å². The molecule has 0 aromatic heterocycles. The number of carbonyl (C=O) groups is 2. The summed E-state index contributed by atoms with van der Waals surface area (Å²) in [5, 5.41) is 0. The molecule has 6 nitrogen and oxygen atoms in total. The van der Waals surface area contributed by atoms with E-state index < -0.39 is 0 Å². The average Bonchev–Trinajstić information content (AvgIpc) is 2.59. The molecule has 0 aromatic carbocycles. The molecule has 1 rings (SSSR count). The number of nitrogens with two attached hydrogens (primary N) is 1. The molecule has 2 amide bonds. The predicted octanol–water partition coefficient (Wildman–Crippen LogP) is 0.908. The fraction of sp³-hybridized carbons (Fsp3) is 0.882. The summed E-state index contributed by atoms with van der Waals surface area (Å²) in [7, 11) is 0. The van der Waals surface area contributed by atoms with Crippen LogP contribution in [0.2, 0.25) is 0 Å². The van der Waals surface area contributed by atoms with Crippen LogP contribution in [-0.4, -0.2) is 78.9 Å². The fourth-order valence-electron chi connectivity index (χ4n) is 2.88. The third kappa shape index (κ3) is 7.31. The lowest BCUT2D eigenvalue weighted by atomic mass is 10.1. The van der Waals surface area contributed by atoms with E-state index in [2.05, 4.69) is 18.7 Å². The zero-order chi connectivity index (χ0) is 17.1. The number of hydrogen-bond acceptors (Lipinski definition) is 4. The van der Waals surface area contributed by atoms with Crippen molar-refractivity contribution in [1.29, 1.82) is 0 Å². The van der Waals surface area contributed by atoms with Crippen molar-refractivity contribution in [3.8, 4) is 0 Å². The van der Waals surface area contributed by atoms with Gasteiger partial charge in [-0.2, -0.15) is 0 Å². The Morgan fingerprint density at radius 1 is 0.870 bits per heavy atom. The lowest BCUT2D eigenvalue weighted by Crippen LogP contribution is -2.52. The Hall–Kier alpha value is -1.14. The van der Waals surface area contributed by atoms with Crippen LogP contribution < -0.4 is 5.73 Å². The van der Waals surface area contributed by atoms with Gasteiger partial charge in [-0.25, -0.2) is 0 Å². The van der Waals surface area contributed by atoms with E-state index in [1.54, 1.807) is 0 Å². The highest BCUT2D eigenvalue weighted by atomic mass is 16.2. The van der Waals surface area contributed by atoms with E-state index in [1.165, 1.54) is 0 Å². The minimum Gasteiger partial charge on any atom is -0.339 e. The molecule has 1 saturated heterocycles. The van der Waals surface area contributed by atoms with E-state index in [4.69, 9.17) is 5.73 Å². The molecule has 0 bridgehead atoms. The molecule has 23 heavy (non-hydrogen) atoms. The van der Waals surface area contributed by atoms with Crippen molar-refractivity contribution >= 4 is 11.8 Å². The molecule has 1 aliphatic rings. The van der Waals surface area contributed by atoms with Gasteiger partial charge < -0.3 is 15.5 Å². The maximum atomic E-state index is 12.2. The third-order valence-corrected chi connectivity index (χ3v) is 4.58. The summed E-state index contributed by atoms with van der Waals surface area (Å²) in [6, 6.07) is 0. The van der Waals surface area contributed by atoms with E-state index in [0.29, 0.717) is 39.1 Å². The van der Waals surface area contributed by atoms with Crippen LogP contribution in [-0.2, 0) is 9.59 Å². The van der Waals surface area contributed by atoms with Gasteiger partial charge in [0.15, 0.2) is 0 Å². The van der Waals surface area contributed by atoms with Gasteiger partial charge in [-0.3, -0.25) is 14.5 Å². The average molecular weight is 326 g/mol. The minimum atomic E-state index is 0.183. The molecule has 0 aliphatic carbocycles. The largest absolute Gasteiger partial charge is 0.339 e. The van der Waals surface area contributed by atoms with Crippen LogP contribution in [0.15, 0.2) is 0 Å². The van der Waals surface area contributed by atoms with Crippen LogP contribution in [0.4, 0.5) is 0 Å². The molecule has 0 unspecified atom stereocenters. The highest BCUT2D eigenvalue weighted by Crippen LogP contribution is 2.09. The van der Waals surface area contributed by atoms with Crippen LogP contribution in [0.1, 0.15) is 46.0 Å². The van der Waals surface area contributed by atoms with Gasteiger partial charge >= 0.3 is 0 Å². The van der Waals surface area contributed by atoms with Crippen LogP contribution in [0.25, 0.3) is 0 Å². The SMILES string of the molecule is CCN(CC)CC(=O)N1CCN(C(=O)CCCCCCN)CC1. The molecular formula is C17H34N4O2. The van der Waals surface area contributed by atoms with E-state index in [-0.39, 0.29) is 11.8 Å². The van der Waals surface area contributed by atoms with E-state index >= 15 is 0 Å². The Kier molecular flexibility index (Phi) is 9.87. The summed E-state index contributed by atoms with van der Waals surface area (Å²) in [5.41, 5.74) is 5.46. The second-order valence-electron chi connectivity index (χ2n) is 6.18. The predicted molar refractivity (Wildman–Crippen MR) is 93.1 cm³/mol. The van der Waals surface area contributed by atoms with Crippen molar-refractivity contribution in [2.45, 2.75) is 46.0 Å². The molecule has 1 aliphatic heterocycles. The first-order chi connectivity index (χ1) is 11.1. The van der Waals surface area contributed by atoms with E-state index in [1.807, 2.05) is 9.80 Å². The second kappa shape index (κ2) is 11.4. The first-order valence-electron chi connectivity index (χ1n) is 9.10. The molecule has 0 aromatic rings. The molecule has 0 spiro atoms. The third-order valence-electron chi connectivity index (χ3n) is 4.58. The van der Waals surface area contributed by atoms with Crippen LogP contribution in [0, 0.1) is 0 Å². The first-order valence-corrected chi connectivity index (χ1v) is 9.10. The van der Waals surface area contributed by atoms with Gasteiger partial charge in [-0.1, -0.05) is 26.7 Å². The van der Waals surface area contributed by atoms with Gasteiger partial charge in [0.2, 0.25) is 11.8 Å². The molecule has 1 fully saturated rings. The number of piperazine rings is 1. The maximum Gasteiger partial charge on any atom is 0.236 e. The van der Waals surface area contributed by atoms with E-state index in [0.717, 1.165) is 45.3 Å². The number of hydrogen-bond donors (Lipinski definition) is 1. The quantitative estimate of drug-likeness (QED) is 0.606. The van der Waals surface area contributed by atoms with Gasteiger partial charge in [0.05, 0.1) is 6.54 Å². The number of nitrogens with zero attached hydrogens (tertiary/aromatic N) is 3. The fourth-order valence-corrected chi connectivity index (χ4v) is 2.88. The van der Waals surface area contributed by atoms with Crippen LogP contribution in [0.5, 0.6) is 0 Å². The highest BCUT2D eigenvalue weighted by molar-refractivity contribution is 5.79. The molecule has 0 saturated carbocycles. The lowest BCUT2D eigenvalue weighted by molar-refractivity contribution is -0.140. The summed E-state index contributed by atoms with van der Waals surface area (Å²) in [6.07, 6.45) is 4.79. The van der Waals surface area contributed by atoms with Crippen molar-refractivity contribution in [2.75, 3.05) is 52.4 Å². The Balaban J connectivity index is 2.23. The Morgan fingerprint density at radius 3 is 1.91 bits per heavy atom. The molecule has 2 N–H and O–H groups in total. The number of amides is 2. The van der Waals surface area contributed by atoms with E-state index in [9.17, 15) is 9.59 Å². The van der Waals surface area contributed by atoms with Crippen molar-refractivity contribution in [1.82, 2.24) is 14.7 Å². The number of rotatable bonds is 10. The lowest BCUT2D eigenvalue weighted by Gasteiger charge is -2.35.